The van der Waals surface area contributed by atoms with Crippen LogP contribution in [0.1, 0.15) is 25.5 Å². The van der Waals surface area contributed by atoms with Crippen molar-refractivity contribution in [3.05, 3.63) is 52.3 Å². The Hall–Kier alpha value is -1.38. The number of hydrogen-bond donors (Lipinski definition) is 1. The molecule has 1 atom stereocenters. The summed E-state index contributed by atoms with van der Waals surface area (Å²) in [7, 11) is -2.18. The van der Waals surface area contributed by atoms with Gasteiger partial charge in [-0.1, -0.05) is 49.2 Å². The first-order chi connectivity index (χ1) is 12.8. The van der Waals surface area contributed by atoms with E-state index in [0.29, 0.717) is 0 Å². The summed E-state index contributed by atoms with van der Waals surface area (Å²) in [6, 6.07) is 8.76. The number of aromatic nitrogens is 1. The van der Waals surface area contributed by atoms with Gasteiger partial charge in [0.15, 0.2) is 0 Å². The maximum Gasteiger partial charge on any atom is 0.242 e. The van der Waals surface area contributed by atoms with Crippen LogP contribution in [0.2, 0.25) is 10.2 Å². The van der Waals surface area contributed by atoms with Gasteiger partial charge >= 0.3 is 0 Å². The average molecular weight is 432 g/mol. The van der Waals surface area contributed by atoms with Crippen molar-refractivity contribution in [2.75, 3.05) is 26.7 Å². The summed E-state index contributed by atoms with van der Waals surface area (Å²) in [5.74, 6) is 0.723. The number of nitrogens with zero attached hydrogens (tertiary/aromatic N) is 2. The molecular weight excluding hydrogens is 409 g/mol. The molecule has 6 nitrogen and oxygen atoms in total. The minimum absolute atomic E-state index is 0.0270. The van der Waals surface area contributed by atoms with Gasteiger partial charge in [-0.25, -0.2) is 18.1 Å². The number of benzene rings is 1. The Bertz CT molecular complexity index is 874. The van der Waals surface area contributed by atoms with Crippen LogP contribution in [0.15, 0.2) is 41.4 Å². The molecule has 0 bridgehead atoms. The van der Waals surface area contributed by atoms with Gasteiger partial charge in [-0.3, -0.25) is 4.90 Å². The van der Waals surface area contributed by atoms with E-state index in [9.17, 15) is 8.42 Å². The van der Waals surface area contributed by atoms with Crippen LogP contribution >= 0.6 is 23.2 Å². The fourth-order valence-corrected chi connectivity index (χ4v) is 4.14. The molecule has 9 heteroatoms. The Kier molecular flexibility index (Phi) is 7.88. The second kappa shape index (κ2) is 9.71. The van der Waals surface area contributed by atoms with E-state index in [4.69, 9.17) is 27.9 Å². The molecule has 0 saturated carbocycles. The van der Waals surface area contributed by atoms with Crippen molar-refractivity contribution in [3.8, 4) is 5.75 Å². The predicted octanol–water partition coefficient (Wildman–Crippen LogP) is 3.76. The van der Waals surface area contributed by atoms with Crippen LogP contribution in [-0.2, 0) is 10.0 Å². The van der Waals surface area contributed by atoms with Crippen LogP contribution in [0, 0.1) is 0 Å². The standard InChI is InChI=1S/C18H23Cl2N3O3S/c1-4-23(5-2)17(13-7-6-8-14(9-13)26-3)12-22-27(24,25)15-10-16(19)18(20)21-11-15/h6-11,17,22H,4-5,12H2,1-3H3. The van der Waals surface area contributed by atoms with E-state index < -0.39 is 10.0 Å². The third-order valence-corrected chi connectivity index (χ3v) is 6.36. The number of ether oxygens (including phenoxy) is 1. The summed E-state index contributed by atoms with van der Waals surface area (Å²) in [4.78, 5) is 5.95. The van der Waals surface area contributed by atoms with Crippen molar-refractivity contribution in [3.63, 3.8) is 0 Å². The lowest BCUT2D eigenvalue weighted by molar-refractivity contribution is 0.219. The van der Waals surface area contributed by atoms with Crippen molar-refractivity contribution in [2.45, 2.75) is 24.8 Å². The van der Waals surface area contributed by atoms with Gasteiger partial charge < -0.3 is 4.74 Å². The van der Waals surface area contributed by atoms with Gasteiger partial charge in [-0.2, -0.15) is 0 Å². The number of likely N-dealkylation sites (N-methyl/N-ethyl adjacent to an activating group) is 1. The van der Waals surface area contributed by atoms with Crippen molar-refractivity contribution >= 4 is 33.2 Å². The molecule has 2 rings (SSSR count). The maximum atomic E-state index is 12.7. The average Bonchev–Trinajstić information content (AvgIpc) is 2.67. The van der Waals surface area contributed by atoms with Crippen LogP contribution in [-0.4, -0.2) is 45.0 Å². The number of methoxy groups -OCH3 is 1. The first-order valence-corrected chi connectivity index (χ1v) is 10.7. The van der Waals surface area contributed by atoms with E-state index in [0.717, 1.165) is 24.4 Å². The second-order valence-corrected chi connectivity index (χ2v) is 8.34. The molecule has 2 aromatic rings. The van der Waals surface area contributed by atoms with Crippen molar-refractivity contribution in [1.29, 1.82) is 0 Å². The summed E-state index contributed by atoms with van der Waals surface area (Å²) in [5, 5.41) is 0.153. The van der Waals surface area contributed by atoms with Gasteiger partial charge in [-0.15, -0.1) is 0 Å². The Labute approximate surface area is 170 Å². The normalized spacial score (nSPS) is 13.0. The van der Waals surface area contributed by atoms with E-state index in [1.54, 1.807) is 7.11 Å². The number of rotatable bonds is 9. The van der Waals surface area contributed by atoms with Crippen LogP contribution < -0.4 is 9.46 Å². The first kappa shape index (κ1) is 21.9. The Morgan fingerprint density at radius 1 is 1.22 bits per heavy atom. The Morgan fingerprint density at radius 2 is 1.93 bits per heavy atom. The molecule has 0 aliphatic rings. The van der Waals surface area contributed by atoms with Gasteiger partial charge in [-0.05, 0) is 36.9 Å². The van der Waals surface area contributed by atoms with E-state index in [-0.39, 0.29) is 27.7 Å². The number of nitrogens with one attached hydrogen (secondary N) is 1. The number of halogens is 2. The molecule has 0 radical (unpaired) electrons. The predicted molar refractivity (Wildman–Crippen MR) is 108 cm³/mol. The van der Waals surface area contributed by atoms with Crippen molar-refractivity contribution in [2.24, 2.45) is 0 Å². The van der Waals surface area contributed by atoms with E-state index in [2.05, 4.69) is 14.6 Å². The zero-order valence-electron chi connectivity index (χ0n) is 15.4. The highest BCUT2D eigenvalue weighted by Crippen LogP contribution is 2.25. The molecule has 0 aliphatic heterocycles. The number of hydrogen-bond acceptors (Lipinski definition) is 5. The number of sulfonamides is 1. The molecule has 0 spiro atoms. The lowest BCUT2D eigenvalue weighted by atomic mass is 10.0. The molecule has 1 N–H and O–H groups in total. The van der Waals surface area contributed by atoms with Crippen LogP contribution in [0.3, 0.4) is 0 Å². The molecule has 148 valence electrons. The number of pyridine rings is 1. The van der Waals surface area contributed by atoms with Gasteiger partial charge in [0.05, 0.1) is 12.1 Å². The zero-order valence-corrected chi connectivity index (χ0v) is 17.8. The molecule has 0 aliphatic carbocycles. The maximum absolute atomic E-state index is 12.7. The van der Waals surface area contributed by atoms with E-state index in [1.807, 2.05) is 38.1 Å². The van der Waals surface area contributed by atoms with Gasteiger partial charge in [0.2, 0.25) is 10.0 Å². The largest absolute Gasteiger partial charge is 0.497 e. The molecule has 1 unspecified atom stereocenters. The molecule has 0 fully saturated rings. The minimum Gasteiger partial charge on any atom is -0.497 e. The lowest BCUT2D eigenvalue weighted by Crippen LogP contribution is -2.38. The van der Waals surface area contributed by atoms with Crippen molar-refractivity contribution in [1.82, 2.24) is 14.6 Å². The highest BCUT2D eigenvalue weighted by molar-refractivity contribution is 7.89. The molecule has 1 aromatic heterocycles. The molecule has 0 saturated heterocycles. The quantitative estimate of drug-likeness (QED) is 0.611. The Morgan fingerprint density at radius 3 is 2.52 bits per heavy atom. The van der Waals surface area contributed by atoms with Crippen LogP contribution in [0.4, 0.5) is 0 Å². The fraction of sp³-hybridized carbons (Fsp3) is 0.389. The summed E-state index contributed by atoms with van der Waals surface area (Å²) in [6.45, 7) is 5.81. The zero-order chi connectivity index (χ0) is 20.0. The molecule has 0 amide bonds. The van der Waals surface area contributed by atoms with Gasteiger partial charge in [0, 0.05) is 18.8 Å². The summed E-state index contributed by atoms with van der Waals surface area (Å²) >= 11 is 11.7. The smallest absolute Gasteiger partial charge is 0.242 e. The fourth-order valence-electron chi connectivity index (χ4n) is 2.79. The molecular formula is C18H23Cl2N3O3S. The topological polar surface area (TPSA) is 71.5 Å². The molecule has 1 heterocycles. The van der Waals surface area contributed by atoms with E-state index in [1.165, 1.54) is 12.3 Å². The van der Waals surface area contributed by atoms with Crippen molar-refractivity contribution < 1.29 is 13.2 Å². The lowest BCUT2D eigenvalue weighted by Gasteiger charge is -2.30. The third-order valence-electron chi connectivity index (χ3n) is 4.28. The van der Waals surface area contributed by atoms with Gasteiger partial charge in [0.25, 0.3) is 0 Å². The van der Waals surface area contributed by atoms with Crippen LogP contribution in [0.5, 0.6) is 5.75 Å². The van der Waals surface area contributed by atoms with E-state index >= 15 is 0 Å². The third kappa shape index (κ3) is 5.56. The molecule has 27 heavy (non-hydrogen) atoms. The van der Waals surface area contributed by atoms with Gasteiger partial charge in [0.1, 0.15) is 15.8 Å². The molecule has 1 aromatic carbocycles. The summed E-state index contributed by atoms with van der Waals surface area (Å²) < 4.78 is 33.3. The Balaban J connectivity index is 2.28. The highest BCUT2D eigenvalue weighted by Gasteiger charge is 2.23. The monoisotopic (exact) mass is 431 g/mol. The minimum atomic E-state index is -3.78. The van der Waals surface area contributed by atoms with Crippen LogP contribution in [0.25, 0.3) is 0 Å². The second-order valence-electron chi connectivity index (χ2n) is 5.81. The summed E-state index contributed by atoms with van der Waals surface area (Å²) in [5.41, 5.74) is 0.966. The highest BCUT2D eigenvalue weighted by atomic mass is 35.5. The first-order valence-electron chi connectivity index (χ1n) is 8.51. The summed E-state index contributed by atoms with van der Waals surface area (Å²) in [6.07, 6.45) is 1.19. The SMILES string of the molecule is CCN(CC)C(CNS(=O)(=O)c1cnc(Cl)c(Cl)c1)c1cccc(OC)c1.